The summed E-state index contributed by atoms with van der Waals surface area (Å²) < 4.78 is 68.5. The van der Waals surface area contributed by atoms with Crippen molar-refractivity contribution >= 4 is 22.8 Å². The molecular formula is C18H16F5N5O2. The minimum atomic E-state index is -4.65. The molecule has 0 bridgehead atoms. The van der Waals surface area contributed by atoms with Crippen LogP contribution in [0.15, 0.2) is 35.5 Å². The molecule has 4 N–H and O–H groups in total. The number of halogens is 5. The standard InChI is InChI=1S/C18H16F5N5O2/c19-8-3-9-10(6-25-14(9)24-5-8)15-26-7-11(20)16(28-15)27-12(4-13(29)30)17(1-2-17)18(21,22)23/h3,5-7,12,15,26H,1-2,4H2,(H,24,25)(H,27,28)(H,29,30). The molecule has 0 saturated heterocycles. The van der Waals surface area contributed by atoms with Crippen molar-refractivity contribution in [3.8, 4) is 0 Å². The summed E-state index contributed by atoms with van der Waals surface area (Å²) in [5.41, 5.74) is -1.50. The van der Waals surface area contributed by atoms with E-state index < -0.39 is 53.7 Å². The van der Waals surface area contributed by atoms with E-state index in [1.165, 1.54) is 12.3 Å². The number of aromatic nitrogens is 2. The number of aromatic amines is 1. The predicted molar refractivity (Wildman–Crippen MR) is 95.5 cm³/mol. The van der Waals surface area contributed by atoms with Crippen molar-refractivity contribution in [3.05, 3.63) is 41.9 Å². The molecular weight excluding hydrogens is 413 g/mol. The van der Waals surface area contributed by atoms with Crippen molar-refractivity contribution in [2.45, 2.75) is 37.6 Å². The molecule has 0 aromatic carbocycles. The van der Waals surface area contributed by atoms with E-state index in [4.69, 9.17) is 5.11 Å². The zero-order valence-corrected chi connectivity index (χ0v) is 15.2. The fourth-order valence-corrected chi connectivity index (χ4v) is 3.63. The Morgan fingerprint density at radius 1 is 1.37 bits per heavy atom. The van der Waals surface area contributed by atoms with Gasteiger partial charge in [-0.25, -0.2) is 18.8 Å². The summed E-state index contributed by atoms with van der Waals surface area (Å²) in [4.78, 5) is 21.9. The van der Waals surface area contributed by atoms with Gasteiger partial charge in [-0.2, -0.15) is 13.2 Å². The smallest absolute Gasteiger partial charge is 0.396 e. The first-order valence-corrected chi connectivity index (χ1v) is 8.98. The molecule has 1 saturated carbocycles. The SMILES string of the molecule is O=C(O)CC(NC1=NC(c2c[nH]c3ncc(F)cc23)NC=C1F)C1(C(F)(F)F)CC1. The summed E-state index contributed by atoms with van der Waals surface area (Å²) in [6.45, 7) is 0. The van der Waals surface area contributed by atoms with Gasteiger partial charge in [-0.1, -0.05) is 0 Å². The number of hydrogen-bond donors (Lipinski definition) is 4. The molecule has 1 aliphatic heterocycles. The fourth-order valence-electron chi connectivity index (χ4n) is 3.63. The lowest BCUT2D eigenvalue weighted by Crippen LogP contribution is -2.49. The van der Waals surface area contributed by atoms with Gasteiger partial charge in [0.25, 0.3) is 0 Å². The highest BCUT2D eigenvalue weighted by Crippen LogP contribution is 2.60. The maximum atomic E-state index is 14.3. The fraction of sp³-hybridized carbons (Fsp3) is 0.389. The van der Waals surface area contributed by atoms with Crippen molar-refractivity contribution in [3.63, 3.8) is 0 Å². The number of aliphatic carboxylic acids is 1. The van der Waals surface area contributed by atoms with Gasteiger partial charge in [0.2, 0.25) is 0 Å². The largest absolute Gasteiger partial charge is 0.481 e. The second-order valence-corrected chi connectivity index (χ2v) is 7.28. The van der Waals surface area contributed by atoms with Crippen LogP contribution in [-0.4, -0.2) is 39.1 Å². The third kappa shape index (κ3) is 3.46. The average Bonchev–Trinajstić information content (AvgIpc) is 3.38. The Hall–Kier alpha value is -3.18. The Morgan fingerprint density at radius 2 is 2.10 bits per heavy atom. The number of nitrogens with zero attached hydrogens (tertiary/aromatic N) is 2. The molecule has 2 aromatic heterocycles. The molecule has 160 valence electrons. The van der Waals surface area contributed by atoms with E-state index in [2.05, 4.69) is 25.6 Å². The van der Waals surface area contributed by atoms with Gasteiger partial charge in [-0.15, -0.1) is 0 Å². The van der Waals surface area contributed by atoms with Crippen molar-refractivity contribution in [2.75, 3.05) is 0 Å². The van der Waals surface area contributed by atoms with E-state index in [1.54, 1.807) is 0 Å². The summed E-state index contributed by atoms with van der Waals surface area (Å²) in [7, 11) is 0. The molecule has 2 aliphatic rings. The molecule has 0 spiro atoms. The zero-order valence-electron chi connectivity index (χ0n) is 15.2. The topological polar surface area (TPSA) is 102 Å². The van der Waals surface area contributed by atoms with Crippen LogP contribution in [0.5, 0.6) is 0 Å². The van der Waals surface area contributed by atoms with Crippen LogP contribution in [0.2, 0.25) is 0 Å². The molecule has 1 aliphatic carbocycles. The third-order valence-electron chi connectivity index (χ3n) is 5.39. The van der Waals surface area contributed by atoms with E-state index >= 15 is 0 Å². The first-order valence-electron chi connectivity index (χ1n) is 8.98. The number of hydrogen-bond acceptors (Lipinski definition) is 5. The van der Waals surface area contributed by atoms with Gasteiger partial charge in [0.15, 0.2) is 11.7 Å². The van der Waals surface area contributed by atoms with Crippen LogP contribution >= 0.6 is 0 Å². The van der Waals surface area contributed by atoms with E-state index in [0.717, 1.165) is 12.4 Å². The van der Waals surface area contributed by atoms with Crippen LogP contribution in [0.1, 0.15) is 31.0 Å². The minimum absolute atomic E-state index is 0.255. The van der Waals surface area contributed by atoms with Gasteiger partial charge >= 0.3 is 12.1 Å². The number of rotatable bonds is 5. The Bertz CT molecular complexity index is 1060. The number of aliphatic imine (C=N–C) groups is 1. The van der Waals surface area contributed by atoms with E-state index in [1.807, 2.05) is 0 Å². The summed E-state index contributed by atoms with van der Waals surface area (Å²) in [6.07, 6.45) is -3.56. The second-order valence-electron chi connectivity index (χ2n) is 7.28. The molecule has 2 aromatic rings. The molecule has 1 fully saturated rings. The molecule has 0 amide bonds. The van der Waals surface area contributed by atoms with Crippen LogP contribution in [0.25, 0.3) is 11.0 Å². The zero-order chi connectivity index (χ0) is 21.7. The Morgan fingerprint density at radius 3 is 2.73 bits per heavy atom. The Balaban J connectivity index is 1.66. The Kier molecular flexibility index (Phi) is 4.66. The number of fused-ring (bicyclic) bond motifs is 1. The van der Waals surface area contributed by atoms with E-state index in [0.29, 0.717) is 16.6 Å². The number of carbonyl (C=O) groups is 1. The molecule has 3 heterocycles. The molecule has 2 atom stereocenters. The van der Waals surface area contributed by atoms with Crippen LogP contribution in [0.4, 0.5) is 22.0 Å². The number of amidine groups is 1. The van der Waals surface area contributed by atoms with Gasteiger partial charge < -0.3 is 20.7 Å². The lowest BCUT2D eigenvalue weighted by Gasteiger charge is -2.31. The lowest BCUT2D eigenvalue weighted by atomic mass is 9.92. The highest BCUT2D eigenvalue weighted by molar-refractivity contribution is 5.97. The van der Waals surface area contributed by atoms with Crippen molar-refractivity contribution in [2.24, 2.45) is 10.4 Å². The van der Waals surface area contributed by atoms with Crippen LogP contribution < -0.4 is 10.6 Å². The van der Waals surface area contributed by atoms with Crippen molar-refractivity contribution in [1.82, 2.24) is 20.6 Å². The van der Waals surface area contributed by atoms with Gasteiger partial charge in [0.05, 0.1) is 24.1 Å². The van der Waals surface area contributed by atoms with Crippen molar-refractivity contribution < 1.29 is 31.9 Å². The third-order valence-corrected chi connectivity index (χ3v) is 5.39. The number of pyridine rings is 1. The summed E-state index contributed by atoms with van der Waals surface area (Å²) in [5, 5.41) is 14.4. The highest BCUT2D eigenvalue weighted by atomic mass is 19.4. The highest BCUT2D eigenvalue weighted by Gasteiger charge is 2.67. The van der Waals surface area contributed by atoms with Crippen molar-refractivity contribution in [1.29, 1.82) is 0 Å². The number of carboxylic acid groups (broad SMARTS) is 1. The number of alkyl halides is 3. The maximum absolute atomic E-state index is 14.3. The number of carboxylic acids is 1. The quantitative estimate of drug-likeness (QED) is 0.547. The summed E-state index contributed by atoms with van der Waals surface area (Å²) in [5.74, 6) is -3.52. The first kappa shape index (κ1) is 20.1. The minimum Gasteiger partial charge on any atom is -0.481 e. The van der Waals surface area contributed by atoms with Gasteiger partial charge in [-0.3, -0.25) is 4.79 Å². The lowest BCUT2D eigenvalue weighted by molar-refractivity contribution is -0.195. The summed E-state index contributed by atoms with van der Waals surface area (Å²) in [6, 6.07) is -0.391. The van der Waals surface area contributed by atoms with Gasteiger partial charge in [-0.05, 0) is 18.9 Å². The van der Waals surface area contributed by atoms with Crippen LogP contribution in [0.3, 0.4) is 0 Å². The first-order chi connectivity index (χ1) is 14.1. The van der Waals surface area contributed by atoms with Gasteiger partial charge in [0.1, 0.15) is 17.6 Å². The molecule has 4 rings (SSSR count). The number of H-pyrrole nitrogens is 1. The Labute approximate surface area is 166 Å². The van der Waals surface area contributed by atoms with E-state index in [9.17, 15) is 26.7 Å². The average molecular weight is 429 g/mol. The maximum Gasteiger partial charge on any atom is 0.396 e. The normalized spacial score (nSPS) is 21.4. The molecule has 2 unspecified atom stereocenters. The van der Waals surface area contributed by atoms with Crippen LogP contribution in [-0.2, 0) is 4.79 Å². The molecule has 12 heteroatoms. The van der Waals surface area contributed by atoms with Crippen LogP contribution in [0, 0.1) is 11.2 Å². The van der Waals surface area contributed by atoms with E-state index in [-0.39, 0.29) is 12.8 Å². The molecule has 30 heavy (non-hydrogen) atoms. The monoisotopic (exact) mass is 429 g/mol. The summed E-state index contributed by atoms with van der Waals surface area (Å²) >= 11 is 0. The second kappa shape index (κ2) is 6.96. The van der Waals surface area contributed by atoms with Gasteiger partial charge in [0, 0.05) is 23.3 Å². The molecule has 7 nitrogen and oxygen atoms in total. The number of nitrogens with one attached hydrogen (secondary N) is 3. The predicted octanol–water partition coefficient (Wildman–Crippen LogP) is 3.29. The molecule has 0 radical (unpaired) electrons.